The average Bonchev–Trinajstić information content (AvgIpc) is 3.33. The molecule has 0 spiro atoms. The summed E-state index contributed by atoms with van der Waals surface area (Å²) in [5, 5.41) is 5.13. The fraction of sp³-hybridized carbons (Fsp3) is 0.370. The number of fused-ring (bicyclic) bond motifs is 1. The number of halogens is 1. The van der Waals surface area contributed by atoms with Gasteiger partial charge in [0.05, 0.1) is 23.1 Å². The van der Waals surface area contributed by atoms with Crippen molar-refractivity contribution in [1.82, 2.24) is 14.7 Å². The van der Waals surface area contributed by atoms with E-state index >= 15 is 0 Å². The third kappa shape index (κ3) is 4.65. The maximum Gasteiger partial charge on any atom is 0.257 e. The summed E-state index contributed by atoms with van der Waals surface area (Å²) in [5.74, 6) is 1.29. The predicted octanol–water partition coefficient (Wildman–Crippen LogP) is 5.16. The molecule has 2 aromatic carbocycles. The Kier molecular flexibility index (Phi) is 6.52. The highest BCUT2D eigenvalue weighted by molar-refractivity contribution is 6.30. The van der Waals surface area contributed by atoms with Gasteiger partial charge in [-0.2, -0.15) is 5.10 Å². The van der Waals surface area contributed by atoms with Gasteiger partial charge < -0.3 is 14.4 Å². The van der Waals surface area contributed by atoms with E-state index in [0.29, 0.717) is 66.8 Å². The molecule has 5 rings (SSSR count). The number of carbonyl (C=O) groups is 2. The minimum Gasteiger partial charge on any atom is -0.486 e. The molecule has 0 bridgehead atoms. The monoisotopic (exact) mass is 493 g/mol. The van der Waals surface area contributed by atoms with E-state index in [4.69, 9.17) is 21.1 Å². The summed E-state index contributed by atoms with van der Waals surface area (Å²) >= 11 is 6.18. The number of nitrogens with zero attached hydrogens (tertiary/aromatic N) is 3. The van der Waals surface area contributed by atoms with Gasteiger partial charge in [-0.05, 0) is 55.2 Å². The van der Waals surface area contributed by atoms with E-state index in [9.17, 15) is 9.59 Å². The maximum absolute atomic E-state index is 13.5. The van der Waals surface area contributed by atoms with Crippen molar-refractivity contribution in [2.45, 2.75) is 32.6 Å². The lowest BCUT2D eigenvalue weighted by Gasteiger charge is -2.31. The molecule has 1 fully saturated rings. The molecule has 0 unspecified atom stereocenters. The number of piperidine rings is 1. The van der Waals surface area contributed by atoms with Crippen molar-refractivity contribution in [1.29, 1.82) is 0 Å². The number of rotatable bonds is 5. The van der Waals surface area contributed by atoms with Crippen molar-refractivity contribution in [2.75, 3.05) is 26.3 Å². The predicted molar refractivity (Wildman–Crippen MR) is 133 cm³/mol. The molecule has 1 amide bonds. The van der Waals surface area contributed by atoms with Gasteiger partial charge >= 0.3 is 0 Å². The molecule has 0 radical (unpaired) electrons. The topological polar surface area (TPSA) is 73.7 Å². The van der Waals surface area contributed by atoms with Crippen LogP contribution in [-0.4, -0.2) is 52.7 Å². The van der Waals surface area contributed by atoms with Gasteiger partial charge in [-0.25, -0.2) is 4.68 Å². The van der Waals surface area contributed by atoms with E-state index < -0.39 is 0 Å². The van der Waals surface area contributed by atoms with E-state index in [1.54, 1.807) is 29.1 Å². The first-order valence-electron chi connectivity index (χ1n) is 12.0. The quantitative estimate of drug-likeness (QED) is 0.459. The van der Waals surface area contributed by atoms with E-state index in [0.717, 1.165) is 11.4 Å². The van der Waals surface area contributed by atoms with Gasteiger partial charge in [0.2, 0.25) is 0 Å². The van der Waals surface area contributed by atoms with Crippen LogP contribution in [0.4, 0.5) is 0 Å². The van der Waals surface area contributed by atoms with Crippen molar-refractivity contribution in [3.8, 4) is 17.2 Å². The molecule has 182 valence electrons. The van der Waals surface area contributed by atoms with Gasteiger partial charge in [-0.15, -0.1) is 0 Å². The minimum absolute atomic E-state index is 0.0489. The van der Waals surface area contributed by atoms with Gasteiger partial charge in [-0.1, -0.05) is 31.5 Å². The van der Waals surface area contributed by atoms with E-state index in [1.165, 1.54) is 0 Å². The average molecular weight is 494 g/mol. The highest BCUT2D eigenvalue weighted by Gasteiger charge is 2.31. The second-order valence-electron chi connectivity index (χ2n) is 9.28. The summed E-state index contributed by atoms with van der Waals surface area (Å²) in [4.78, 5) is 28.4. The Morgan fingerprint density at radius 2 is 1.77 bits per heavy atom. The first-order chi connectivity index (χ1) is 16.9. The molecule has 0 aliphatic carbocycles. The van der Waals surface area contributed by atoms with Gasteiger partial charge in [-0.3, -0.25) is 9.59 Å². The van der Waals surface area contributed by atoms with Crippen LogP contribution in [0.3, 0.4) is 0 Å². The maximum atomic E-state index is 13.5. The number of hydrogen-bond donors (Lipinski definition) is 0. The van der Waals surface area contributed by atoms with Crippen LogP contribution in [0.2, 0.25) is 5.02 Å². The zero-order valence-electron chi connectivity index (χ0n) is 19.9. The number of aromatic nitrogens is 2. The van der Waals surface area contributed by atoms with E-state index in [-0.39, 0.29) is 23.5 Å². The van der Waals surface area contributed by atoms with Gasteiger partial charge in [0, 0.05) is 29.6 Å². The molecule has 3 aromatic rings. The SMILES string of the molecule is CC(C)c1c(C(=O)N2CCC(C(=O)c3ccc4c(c3)OCCO4)CC2)cnn1-c1cccc(Cl)c1. The zero-order chi connectivity index (χ0) is 24.5. The Balaban J connectivity index is 1.29. The fourth-order valence-corrected chi connectivity index (χ4v) is 5.02. The third-order valence-electron chi connectivity index (χ3n) is 6.62. The Hall–Kier alpha value is -3.32. The number of amides is 1. The van der Waals surface area contributed by atoms with E-state index in [1.807, 2.05) is 43.0 Å². The smallest absolute Gasteiger partial charge is 0.257 e. The van der Waals surface area contributed by atoms with Crippen LogP contribution in [0.1, 0.15) is 59.0 Å². The number of ketones is 1. The standard InChI is InChI=1S/C27H28ClN3O4/c1-17(2)25-22(16-29-31(25)21-5-3-4-20(28)15-21)27(33)30-10-8-18(9-11-30)26(32)19-6-7-23-24(14-19)35-13-12-34-23/h3-7,14-18H,8-13H2,1-2H3. The molecule has 8 heteroatoms. The summed E-state index contributed by atoms with van der Waals surface area (Å²) in [7, 11) is 0. The van der Waals surface area contributed by atoms with Crippen LogP contribution < -0.4 is 9.47 Å². The number of carbonyl (C=O) groups excluding carboxylic acids is 2. The number of Topliss-reactive ketones (excluding diaryl/α,β-unsaturated/α-hetero) is 1. The Labute approximate surface area is 209 Å². The van der Waals surface area contributed by atoms with Crippen LogP contribution in [0, 0.1) is 5.92 Å². The largest absolute Gasteiger partial charge is 0.486 e. The molecular formula is C27H28ClN3O4. The first kappa shape index (κ1) is 23.4. The number of ether oxygens (including phenoxy) is 2. The molecule has 1 saturated heterocycles. The summed E-state index contributed by atoms with van der Waals surface area (Å²) in [6, 6.07) is 12.8. The number of likely N-dealkylation sites (tertiary alicyclic amines) is 1. The number of benzene rings is 2. The molecule has 0 saturated carbocycles. The molecule has 0 N–H and O–H groups in total. The van der Waals surface area contributed by atoms with Crippen molar-refractivity contribution in [3.05, 3.63) is 70.5 Å². The summed E-state index contributed by atoms with van der Waals surface area (Å²) in [6.45, 7) is 6.15. The second kappa shape index (κ2) is 9.74. The van der Waals surface area contributed by atoms with Crippen LogP contribution in [0.25, 0.3) is 5.69 Å². The Morgan fingerprint density at radius 1 is 1.03 bits per heavy atom. The van der Waals surface area contributed by atoms with Crippen LogP contribution in [0.5, 0.6) is 11.5 Å². The van der Waals surface area contributed by atoms with Gasteiger partial charge in [0.15, 0.2) is 17.3 Å². The Bertz CT molecular complexity index is 1260. The normalized spacial score (nSPS) is 15.9. The molecule has 2 aliphatic rings. The summed E-state index contributed by atoms with van der Waals surface area (Å²) in [6.07, 6.45) is 2.89. The molecule has 0 atom stereocenters. The van der Waals surface area contributed by atoms with Crippen LogP contribution in [0.15, 0.2) is 48.7 Å². The highest BCUT2D eigenvalue weighted by Crippen LogP contribution is 2.33. The lowest BCUT2D eigenvalue weighted by Crippen LogP contribution is -2.40. The van der Waals surface area contributed by atoms with Crippen molar-refractivity contribution >= 4 is 23.3 Å². The molecule has 1 aromatic heterocycles. The Morgan fingerprint density at radius 3 is 2.49 bits per heavy atom. The van der Waals surface area contributed by atoms with Crippen molar-refractivity contribution in [3.63, 3.8) is 0 Å². The molecule has 2 aliphatic heterocycles. The summed E-state index contributed by atoms with van der Waals surface area (Å²) in [5.41, 5.74) is 2.90. The van der Waals surface area contributed by atoms with Crippen molar-refractivity contribution < 1.29 is 19.1 Å². The van der Waals surface area contributed by atoms with Crippen molar-refractivity contribution in [2.24, 2.45) is 5.92 Å². The fourth-order valence-electron chi connectivity index (χ4n) is 4.84. The first-order valence-corrected chi connectivity index (χ1v) is 12.4. The lowest BCUT2D eigenvalue weighted by molar-refractivity contribution is 0.0649. The van der Waals surface area contributed by atoms with Crippen LogP contribution in [-0.2, 0) is 0 Å². The molecule has 35 heavy (non-hydrogen) atoms. The zero-order valence-corrected chi connectivity index (χ0v) is 20.6. The lowest BCUT2D eigenvalue weighted by atomic mass is 9.88. The minimum atomic E-state index is -0.125. The van der Waals surface area contributed by atoms with Gasteiger partial charge in [0.25, 0.3) is 5.91 Å². The van der Waals surface area contributed by atoms with Crippen LogP contribution >= 0.6 is 11.6 Å². The van der Waals surface area contributed by atoms with E-state index in [2.05, 4.69) is 5.10 Å². The molecule has 3 heterocycles. The number of hydrogen-bond acceptors (Lipinski definition) is 5. The van der Waals surface area contributed by atoms with Gasteiger partial charge in [0.1, 0.15) is 13.2 Å². The summed E-state index contributed by atoms with van der Waals surface area (Å²) < 4.78 is 13.0. The molecule has 7 nitrogen and oxygen atoms in total. The second-order valence-corrected chi connectivity index (χ2v) is 9.72. The highest BCUT2D eigenvalue weighted by atomic mass is 35.5. The third-order valence-corrected chi connectivity index (χ3v) is 6.85. The molecular weight excluding hydrogens is 466 g/mol.